The first kappa shape index (κ1) is 13.4. The lowest BCUT2D eigenvalue weighted by atomic mass is 10.2. The van der Waals surface area contributed by atoms with Crippen LogP contribution in [-0.4, -0.2) is 18.1 Å². The Bertz CT molecular complexity index is 692. The molecule has 0 saturated carbocycles. The molecular weight excluding hydrogens is 260 g/mol. The van der Waals surface area contributed by atoms with Crippen molar-refractivity contribution in [3.63, 3.8) is 0 Å². The third kappa shape index (κ3) is 3.51. The number of ether oxygens (including phenoxy) is 1. The maximum absolute atomic E-state index is 5.85. The molecule has 0 atom stereocenters. The number of rotatable bonds is 6. The van der Waals surface area contributed by atoms with Crippen LogP contribution >= 0.6 is 0 Å². The molecule has 0 aliphatic rings. The van der Waals surface area contributed by atoms with Crippen molar-refractivity contribution in [2.24, 2.45) is 0 Å². The van der Waals surface area contributed by atoms with Crippen molar-refractivity contribution in [1.82, 2.24) is 4.98 Å². The molecule has 0 unspecified atom stereocenters. The van der Waals surface area contributed by atoms with Gasteiger partial charge in [0.2, 0.25) is 0 Å². The normalized spacial score (nSPS) is 10.5. The molecule has 0 spiro atoms. The first-order valence-electron chi connectivity index (χ1n) is 7.19. The minimum absolute atomic E-state index is 0.676. The van der Waals surface area contributed by atoms with E-state index in [4.69, 9.17) is 4.74 Å². The minimum Gasteiger partial charge on any atom is -0.491 e. The Balaban J connectivity index is 1.51. The molecule has 1 heterocycles. The fourth-order valence-electron chi connectivity index (χ4n) is 2.24. The zero-order valence-electron chi connectivity index (χ0n) is 11.8. The van der Waals surface area contributed by atoms with Crippen molar-refractivity contribution < 1.29 is 4.74 Å². The number of nitrogens with one attached hydrogen (secondary N) is 1. The van der Waals surface area contributed by atoms with Crippen molar-refractivity contribution >= 4 is 16.6 Å². The van der Waals surface area contributed by atoms with E-state index in [-0.39, 0.29) is 0 Å². The van der Waals surface area contributed by atoms with E-state index in [9.17, 15) is 0 Å². The Hall–Kier alpha value is -2.55. The van der Waals surface area contributed by atoms with Crippen LogP contribution in [0.3, 0.4) is 0 Å². The van der Waals surface area contributed by atoms with Crippen molar-refractivity contribution in [3.05, 3.63) is 66.9 Å². The Morgan fingerprint density at radius 2 is 1.76 bits per heavy atom. The van der Waals surface area contributed by atoms with Crippen molar-refractivity contribution in [1.29, 1.82) is 0 Å². The summed E-state index contributed by atoms with van der Waals surface area (Å²) in [5.41, 5.74) is 2.07. The summed E-state index contributed by atoms with van der Waals surface area (Å²) in [6, 6.07) is 20.2. The van der Waals surface area contributed by atoms with Crippen LogP contribution in [0, 0.1) is 0 Å². The molecule has 2 aromatic carbocycles. The number of hydrogen-bond acceptors (Lipinski definition) is 3. The molecule has 3 rings (SSSR count). The second kappa shape index (κ2) is 6.75. The van der Waals surface area contributed by atoms with Crippen molar-refractivity contribution in [2.75, 3.05) is 18.5 Å². The van der Waals surface area contributed by atoms with E-state index >= 15 is 0 Å². The molecular formula is C18H18N2O. The topological polar surface area (TPSA) is 34.1 Å². The molecule has 21 heavy (non-hydrogen) atoms. The van der Waals surface area contributed by atoms with Gasteiger partial charge in [-0.1, -0.05) is 36.4 Å². The number of fused-ring (bicyclic) bond motifs is 1. The summed E-state index contributed by atoms with van der Waals surface area (Å²) < 4.78 is 5.85. The Labute approximate surface area is 124 Å². The number of hydrogen-bond donors (Lipinski definition) is 1. The van der Waals surface area contributed by atoms with Crippen LogP contribution in [0.25, 0.3) is 10.9 Å². The van der Waals surface area contributed by atoms with Gasteiger partial charge in [-0.15, -0.1) is 0 Å². The predicted molar refractivity (Wildman–Crippen MR) is 86.8 cm³/mol. The lowest BCUT2D eigenvalue weighted by molar-refractivity contribution is 0.318. The summed E-state index contributed by atoms with van der Waals surface area (Å²) in [6.45, 7) is 1.57. The van der Waals surface area contributed by atoms with Crippen LogP contribution in [-0.2, 0) is 0 Å². The maximum atomic E-state index is 5.85. The molecule has 0 bridgehead atoms. The van der Waals surface area contributed by atoms with E-state index in [0.717, 1.165) is 35.3 Å². The third-order valence-electron chi connectivity index (χ3n) is 3.28. The molecule has 106 valence electrons. The minimum atomic E-state index is 0.676. The highest BCUT2D eigenvalue weighted by Crippen LogP contribution is 2.22. The molecule has 0 amide bonds. The van der Waals surface area contributed by atoms with E-state index < -0.39 is 0 Å². The van der Waals surface area contributed by atoms with Crippen LogP contribution in [0.4, 0.5) is 5.69 Å². The number of pyridine rings is 1. The van der Waals surface area contributed by atoms with Gasteiger partial charge in [0.1, 0.15) is 11.3 Å². The van der Waals surface area contributed by atoms with Crippen LogP contribution in [0.15, 0.2) is 66.9 Å². The smallest absolute Gasteiger partial charge is 0.145 e. The van der Waals surface area contributed by atoms with Gasteiger partial charge in [-0.3, -0.25) is 4.98 Å². The largest absolute Gasteiger partial charge is 0.491 e. The van der Waals surface area contributed by atoms with E-state index in [1.165, 1.54) is 0 Å². The molecule has 0 fully saturated rings. The molecule has 3 aromatic rings. The van der Waals surface area contributed by atoms with Gasteiger partial charge in [-0.25, -0.2) is 0 Å². The van der Waals surface area contributed by atoms with Crippen molar-refractivity contribution in [2.45, 2.75) is 6.42 Å². The fraction of sp³-hybridized carbons (Fsp3) is 0.167. The summed E-state index contributed by atoms with van der Waals surface area (Å²) in [5.74, 6) is 0.854. The van der Waals surface area contributed by atoms with Gasteiger partial charge in [0, 0.05) is 23.8 Å². The quantitative estimate of drug-likeness (QED) is 0.689. The summed E-state index contributed by atoms with van der Waals surface area (Å²) in [7, 11) is 0. The number of aromatic nitrogens is 1. The Kier molecular flexibility index (Phi) is 4.32. The molecule has 3 heteroatoms. The van der Waals surface area contributed by atoms with Crippen LogP contribution < -0.4 is 10.1 Å². The van der Waals surface area contributed by atoms with Gasteiger partial charge >= 0.3 is 0 Å². The van der Waals surface area contributed by atoms with E-state index in [1.54, 1.807) is 6.20 Å². The summed E-state index contributed by atoms with van der Waals surface area (Å²) in [6.07, 6.45) is 2.74. The Morgan fingerprint density at radius 3 is 2.67 bits per heavy atom. The highest BCUT2D eigenvalue weighted by Gasteiger charge is 2.02. The van der Waals surface area contributed by atoms with Crippen LogP contribution in [0.1, 0.15) is 6.42 Å². The van der Waals surface area contributed by atoms with Crippen molar-refractivity contribution in [3.8, 4) is 5.75 Å². The molecule has 1 N–H and O–H groups in total. The summed E-state index contributed by atoms with van der Waals surface area (Å²) >= 11 is 0. The summed E-state index contributed by atoms with van der Waals surface area (Å²) in [4.78, 5) is 4.39. The van der Waals surface area contributed by atoms with Gasteiger partial charge in [0.15, 0.2) is 0 Å². The predicted octanol–water partition coefficient (Wildman–Crippen LogP) is 4.12. The van der Waals surface area contributed by atoms with E-state index in [0.29, 0.717) is 6.61 Å². The lowest BCUT2D eigenvalue weighted by Crippen LogP contribution is -2.07. The molecule has 3 nitrogen and oxygen atoms in total. The maximum Gasteiger partial charge on any atom is 0.145 e. The zero-order chi connectivity index (χ0) is 14.3. The number of benzene rings is 2. The number of nitrogens with zero attached hydrogens (tertiary/aromatic N) is 1. The highest BCUT2D eigenvalue weighted by molar-refractivity contribution is 5.84. The molecule has 1 aromatic heterocycles. The van der Waals surface area contributed by atoms with Gasteiger partial charge < -0.3 is 10.1 Å². The third-order valence-corrected chi connectivity index (χ3v) is 3.28. The van der Waals surface area contributed by atoms with Crippen LogP contribution in [0.5, 0.6) is 5.75 Å². The monoisotopic (exact) mass is 278 g/mol. The molecule has 0 saturated heterocycles. The van der Waals surface area contributed by atoms with E-state index in [2.05, 4.69) is 22.4 Å². The standard InChI is InChI=1S/C18H18N2O/c1-2-9-16(10-3-1)19-13-6-14-21-17-11-4-7-15-8-5-12-20-18(15)17/h1-5,7-12,19H,6,13-14H2. The summed E-state index contributed by atoms with van der Waals surface area (Å²) in [5, 5.41) is 4.48. The first-order valence-corrected chi connectivity index (χ1v) is 7.19. The zero-order valence-corrected chi connectivity index (χ0v) is 11.8. The van der Waals surface area contributed by atoms with E-state index in [1.807, 2.05) is 48.5 Å². The molecule has 0 aliphatic carbocycles. The number of para-hydroxylation sites is 2. The number of anilines is 1. The SMILES string of the molecule is c1ccc(NCCCOc2cccc3cccnc23)cc1. The van der Waals surface area contributed by atoms with Gasteiger partial charge in [-0.2, -0.15) is 0 Å². The first-order chi connectivity index (χ1) is 10.4. The second-order valence-corrected chi connectivity index (χ2v) is 4.83. The molecule has 0 radical (unpaired) electrons. The van der Waals surface area contributed by atoms with Gasteiger partial charge in [0.25, 0.3) is 0 Å². The fourth-order valence-corrected chi connectivity index (χ4v) is 2.24. The van der Waals surface area contributed by atoms with Gasteiger partial charge in [0.05, 0.1) is 6.61 Å². The lowest BCUT2D eigenvalue weighted by Gasteiger charge is -2.09. The average Bonchev–Trinajstić information content (AvgIpc) is 2.56. The molecule has 0 aliphatic heterocycles. The van der Waals surface area contributed by atoms with Gasteiger partial charge in [-0.05, 0) is 30.7 Å². The average molecular weight is 278 g/mol. The van der Waals surface area contributed by atoms with Crippen LogP contribution in [0.2, 0.25) is 0 Å². The Morgan fingerprint density at radius 1 is 0.905 bits per heavy atom. The second-order valence-electron chi connectivity index (χ2n) is 4.83. The highest BCUT2D eigenvalue weighted by atomic mass is 16.5.